The molecule has 0 unspecified atom stereocenters. The van der Waals surface area contributed by atoms with Crippen LogP contribution < -0.4 is 0 Å². The summed E-state index contributed by atoms with van der Waals surface area (Å²) in [5.74, 6) is 0.478. The Labute approximate surface area is 151 Å². The van der Waals surface area contributed by atoms with Crippen LogP contribution in [-0.4, -0.2) is 59.6 Å². The number of aliphatic hydroxyl groups excluding tert-OH is 1. The van der Waals surface area contributed by atoms with Crippen LogP contribution in [0.15, 0.2) is 30.3 Å². The summed E-state index contributed by atoms with van der Waals surface area (Å²) in [5.41, 5.74) is 1.41. The van der Waals surface area contributed by atoms with Crippen LogP contribution in [0.5, 0.6) is 0 Å². The molecule has 1 aromatic rings. The lowest BCUT2D eigenvalue weighted by Gasteiger charge is -2.30. The number of aryl methyl sites for hydroxylation is 1. The highest BCUT2D eigenvalue weighted by molar-refractivity contribution is 5.79. The maximum atomic E-state index is 12.7. The van der Waals surface area contributed by atoms with E-state index in [1.165, 1.54) is 12.0 Å². The Hall–Kier alpha value is -1.39. The van der Waals surface area contributed by atoms with Gasteiger partial charge in [0.1, 0.15) is 0 Å². The Morgan fingerprint density at radius 2 is 1.76 bits per heavy atom. The first kappa shape index (κ1) is 18.4. The second kappa shape index (κ2) is 9.35. The number of aliphatic hydroxyl groups is 1. The molecule has 1 aliphatic carbocycles. The minimum atomic E-state index is -0.187. The van der Waals surface area contributed by atoms with Gasteiger partial charge in [-0.2, -0.15) is 0 Å². The largest absolute Gasteiger partial charge is 0.393 e. The predicted molar refractivity (Wildman–Crippen MR) is 100 cm³/mol. The van der Waals surface area contributed by atoms with Gasteiger partial charge in [0.25, 0.3) is 0 Å². The average Bonchev–Trinajstić information content (AvgIpc) is 2.88. The predicted octanol–water partition coefficient (Wildman–Crippen LogP) is 2.70. The molecule has 3 rings (SSSR count). The molecule has 0 aromatic heterocycles. The fourth-order valence-corrected chi connectivity index (χ4v) is 4.15. The van der Waals surface area contributed by atoms with Crippen LogP contribution in [0.2, 0.25) is 0 Å². The zero-order valence-corrected chi connectivity index (χ0v) is 15.3. The summed E-state index contributed by atoms with van der Waals surface area (Å²) < 4.78 is 0. The van der Waals surface area contributed by atoms with Gasteiger partial charge in [0, 0.05) is 25.6 Å². The van der Waals surface area contributed by atoms with E-state index in [1.54, 1.807) is 0 Å². The molecule has 0 spiro atoms. The molecule has 4 nitrogen and oxygen atoms in total. The Bertz CT molecular complexity index is 526. The smallest absolute Gasteiger partial charge is 0.225 e. The molecule has 1 aromatic carbocycles. The molecule has 1 amide bonds. The number of benzene rings is 1. The van der Waals surface area contributed by atoms with Crippen molar-refractivity contribution in [3.63, 3.8) is 0 Å². The minimum Gasteiger partial charge on any atom is -0.393 e. The second-order valence-electron chi connectivity index (χ2n) is 7.62. The van der Waals surface area contributed by atoms with Gasteiger partial charge in [-0.05, 0) is 63.6 Å². The summed E-state index contributed by atoms with van der Waals surface area (Å²) >= 11 is 0. The molecule has 1 saturated carbocycles. The average molecular weight is 344 g/mol. The third kappa shape index (κ3) is 5.55. The fourth-order valence-electron chi connectivity index (χ4n) is 4.15. The molecule has 1 heterocycles. The standard InChI is InChI=1S/C21H32N2O2/c24-20-11-9-19(10-12-20)21(25)23-15-5-14-22(16-17-23)13-4-8-18-6-2-1-3-7-18/h1-3,6-7,19-20,24H,4-5,8-17H2. The number of carbonyl (C=O) groups excluding carboxylic acids is 1. The lowest BCUT2D eigenvalue weighted by atomic mass is 9.86. The molecule has 2 fully saturated rings. The van der Waals surface area contributed by atoms with Crippen molar-refractivity contribution in [2.24, 2.45) is 5.92 Å². The SMILES string of the molecule is O=C(C1CCC(O)CC1)N1CCCN(CCCc2ccccc2)CC1. The normalized spacial score (nSPS) is 25.6. The highest BCUT2D eigenvalue weighted by atomic mass is 16.3. The summed E-state index contributed by atoms with van der Waals surface area (Å²) in [6, 6.07) is 10.7. The third-order valence-electron chi connectivity index (χ3n) is 5.73. The monoisotopic (exact) mass is 344 g/mol. The number of rotatable bonds is 5. The van der Waals surface area contributed by atoms with Crippen LogP contribution >= 0.6 is 0 Å². The number of hydrogen-bond acceptors (Lipinski definition) is 3. The van der Waals surface area contributed by atoms with Crippen LogP contribution in [0.4, 0.5) is 0 Å². The lowest BCUT2D eigenvalue weighted by molar-refractivity contribution is -0.137. The van der Waals surface area contributed by atoms with Crippen LogP contribution in [0.25, 0.3) is 0 Å². The molecule has 1 saturated heterocycles. The van der Waals surface area contributed by atoms with E-state index in [0.29, 0.717) is 5.91 Å². The van der Waals surface area contributed by atoms with Crippen molar-refractivity contribution < 1.29 is 9.90 Å². The first-order valence-corrected chi connectivity index (χ1v) is 9.95. The topological polar surface area (TPSA) is 43.8 Å². The molecule has 25 heavy (non-hydrogen) atoms. The van der Waals surface area contributed by atoms with E-state index in [2.05, 4.69) is 40.1 Å². The summed E-state index contributed by atoms with van der Waals surface area (Å²) in [6.07, 6.45) is 6.49. The van der Waals surface area contributed by atoms with Crippen LogP contribution in [-0.2, 0) is 11.2 Å². The maximum absolute atomic E-state index is 12.7. The van der Waals surface area contributed by atoms with Crippen LogP contribution in [0.3, 0.4) is 0 Å². The molecule has 1 aliphatic heterocycles. The molecule has 0 atom stereocenters. The van der Waals surface area contributed by atoms with Crippen molar-refractivity contribution in [3.8, 4) is 0 Å². The Morgan fingerprint density at radius 3 is 2.52 bits per heavy atom. The highest BCUT2D eigenvalue weighted by Gasteiger charge is 2.29. The summed E-state index contributed by atoms with van der Waals surface area (Å²) in [6.45, 7) is 4.97. The zero-order chi connectivity index (χ0) is 17.5. The minimum absolute atomic E-state index is 0.146. The van der Waals surface area contributed by atoms with Gasteiger partial charge in [0.15, 0.2) is 0 Å². The second-order valence-corrected chi connectivity index (χ2v) is 7.62. The van der Waals surface area contributed by atoms with Gasteiger partial charge in [-0.25, -0.2) is 0 Å². The third-order valence-corrected chi connectivity index (χ3v) is 5.73. The first-order chi connectivity index (χ1) is 12.2. The summed E-state index contributed by atoms with van der Waals surface area (Å²) in [4.78, 5) is 17.3. The van der Waals surface area contributed by atoms with E-state index >= 15 is 0 Å². The van der Waals surface area contributed by atoms with Gasteiger partial charge < -0.3 is 14.9 Å². The first-order valence-electron chi connectivity index (χ1n) is 9.95. The van der Waals surface area contributed by atoms with Gasteiger partial charge in [0.2, 0.25) is 5.91 Å². The van der Waals surface area contributed by atoms with Gasteiger partial charge in [-0.1, -0.05) is 30.3 Å². The van der Waals surface area contributed by atoms with Crippen molar-refractivity contribution in [1.82, 2.24) is 9.80 Å². The molecular weight excluding hydrogens is 312 g/mol. The molecule has 2 aliphatic rings. The fraction of sp³-hybridized carbons (Fsp3) is 0.667. The van der Waals surface area contributed by atoms with Crippen LogP contribution in [0.1, 0.15) is 44.1 Å². The van der Waals surface area contributed by atoms with E-state index in [9.17, 15) is 9.90 Å². The van der Waals surface area contributed by atoms with Crippen LogP contribution in [0, 0.1) is 5.92 Å². The van der Waals surface area contributed by atoms with Gasteiger partial charge >= 0.3 is 0 Å². The van der Waals surface area contributed by atoms with Crippen molar-refractivity contribution in [2.75, 3.05) is 32.7 Å². The highest BCUT2D eigenvalue weighted by Crippen LogP contribution is 2.26. The molecule has 4 heteroatoms. The quantitative estimate of drug-likeness (QED) is 0.893. The number of nitrogens with zero attached hydrogens (tertiary/aromatic N) is 2. The number of amides is 1. The molecular formula is C21H32N2O2. The van der Waals surface area contributed by atoms with Gasteiger partial charge in [-0.15, -0.1) is 0 Å². The molecule has 0 radical (unpaired) electrons. The lowest BCUT2D eigenvalue weighted by Crippen LogP contribution is -2.40. The van der Waals surface area contributed by atoms with E-state index in [1.807, 2.05) is 0 Å². The van der Waals surface area contributed by atoms with E-state index in [4.69, 9.17) is 0 Å². The zero-order valence-electron chi connectivity index (χ0n) is 15.3. The number of carbonyl (C=O) groups is 1. The van der Waals surface area contributed by atoms with Crippen molar-refractivity contribution >= 4 is 5.91 Å². The van der Waals surface area contributed by atoms with E-state index in [0.717, 1.165) is 71.2 Å². The molecule has 1 N–H and O–H groups in total. The molecule has 0 bridgehead atoms. The summed E-state index contributed by atoms with van der Waals surface area (Å²) in [5, 5.41) is 9.63. The maximum Gasteiger partial charge on any atom is 0.225 e. The van der Waals surface area contributed by atoms with Crippen molar-refractivity contribution in [1.29, 1.82) is 0 Å². The van der Waals surface area contributed by atoms with Gasteiger partial charge in [0.05, 0.1) is 6.10 Å². The van der Waals surface area contributed by atoms with Crippen molar-refractivity contribution in [2.45, 2.75) is 51.0 Å². The molecule has 138 valence electrons. The Kier molecular flexibility index (Phi) is 6.88. The van der Waals surface area contributed by atoms with E-state index < -0.39 is 0 Å². The number of hydrogen-bond donors (Lipinski definition) is 1. The Morgan fingerprint density at radius 1 is 1.00 bits per heavy atom. The van der Waals surface area contributed by atoms with Gasteiger partial charge in [-0.3, -0.25) is 4.79 Å². The van der Waals surface area contributed by atoms with E-state index in [-0.39, 0.29) is 12.0 Å². The Balaban J connectivity index is 1.40. The van der Waals surface area contributed by atoms with Crippen molar-refractivity contribution in [3.05, 3.63) is 35.9 Å². The summed E-state index contributed by atoms with van der Waals surface area (Å²) in [7, 11) is 0.